The molecule has 0 saturated heterocycles. The number of H-pyrrole nitrogens is 1. The van der Waals surface area contributed by atoms with Gasteiger partial charge in [0, 0.05) is 16.5 Å². The Bertz CT molecular complexity index is 1160. The average Bonchev–Trinajstić information content (AvgIpc) is 2.98. The lowest BCUT2D eigenvalue weighted by Gasteiger charge is -2.09. The van der Waals surface area contributed by atoms with Gasteiger partial charge in [-0.3, -0.25) is 0 Å². The summed E-state index contributed by atoms with van der Waals surface area (Å²) in [7, 11) is 0. The smallest absolute Gasteiger partial charge is 0.338 e. The number of anilines is 1. The summed E-state index contributed by atoms with van der Waals surface area (Å²) in [6.07, 6.45) is -3.38. The van der Waals surface area contributed by atoms with Gasteiger partial charge in [0.2, 0.25) is 0 Å². The number of aromatic nitrogens is 4. The lowest BCUT2D eigenvalue weighted by Crippen LogP contribution is -2.09. The first-order chi connectivity index (χ1) is 12.9. The Hall–Kier alpha value is -3.49. The summed E-state index contributed by atoms with van der Waals surface area (Å²) in [5, 5.41) is 12.8. The number of halogens is 3. The van der Waals surface area contributed by atoms with Crippen LogP contribution in [0.3, 0.4) is 0 Å². The fourth-order valence-corrected chi connectivity index (χ4v) is 2.76. The van der Waals surface area contributed by atoms with E-state index < -0.39 is 11.7 Å². The number of aromatic amines is 1. The number of fused-ring (bicyclic) bond motifs is 3. The van der Waals surface area contributed by atoms with Gasteiger partial charge in [-0.05, 0) is 25.1 Å². The zero-order chi connectivity index (χ0) is 19.0. The summed E-state index contributed by atoms with van der Waals surface area (Å²) in [6.45, 7) is 1.97. The van der Waals surface area contributed by atoms with Crippen molar-refractivity contribution in [2.24, 2.45) is 5.10 Å². The third-order valence-corrected chi connectivity index (χ3v) is 4.00. The van der Waals surface area contributed by atoms with Crippen LogP contribution >= 0.6 is 0 Å². The Morgan fingerprint density at radius 2 is 1.93 bits per heavy atom. The molecule has 0 atom stereocenters. The van der Waals surface area contributed by atoms with Crippen molar-refractivity contribution < 1.29 is 13.2 Å². The summed E-state index contributed by atoms with van der Waals surface area (Å²) >= 11 is 0. The molecule has 27 heavy (non-hydrogen) atoms. The maximum atomic E-state index is 13.0. The van der Waals surface area contributed by atoms with E-state index in [9.17, 15) is 13.2 Å². The summed E-state index contributed by atoms with van der Waals surface area (Å²) in [5.74, 6) is 0.0755. The number of hydrogen-bond donors (Lipinski definition) is 2. The minimum absolute atomic E-state index is 0.0624. The minimum Gasteiger partial charge on any atom is -0.338 e. The van der Waals surface area contributed by atoms with Gasteiger partial charge in [-0.2, -0.15) is 23.3 Å². The second kappa shape index (κ2) is 6.35. The predicted molar refractivity (Wildman–Crippen MR) is 96.6 cm³/mol. The van der Waals surface area contributed by atoms with Gasteiger partial charge in [-0.1, -0.05) is 29.8 Å². The molecule has 0 aliphatic carbocycles. The first-order valence-corrected chi connectivity index (χ1v) is 8.00. The van der Waals surface area contributed by atoms with E-state index in [0.29, 0.717) is 11.2 Å². The molecule has 6 nitrogen and oxygen atoms in total. The van der Waals surface area contributed by atoms with E-state index in [-0.39, 0.29) is 11.5 Å². The molecule has 4 aromatic rings. The van der Waals surface area contributed by atoms with E-state index in [0.717, 1.165) is 28.7 Å². The van der Waals surface area contributed by atoms with Gasteiger partial charge in [0.1, 0.15) is 5.52 Å². The number of aryl methyl sites for hydroxylation is 1. The standard InChI is InChI=1S/C18H13F3N6/c1-10-6-7-14-12(8-10)15-16(23-14)24-17(27-25-15)26-22-9-11-4-2-3-5-13(11)18(19,20)21/h2-9H,1H3,(H2,23,24,26,27)/b22-9+. The lowest BCUT2D eigenvalue weighted by atomic mass is 10.1. The Morgan fingerprint density at radius 3 is 2.74 bits per heavy atom. The number of benzene rings is 2. The molecule has 0 aliphatic rings. The SMILES string of the molecule is Cc1ccc2[nH]c3nc(N/N=C/c4ccccc4C(F)(F)F)nnc3c2c1. The molecule has 2 aromatic heterocycles. The van der Waals surface area contributed by atoms with Crippen LogP contribution in [0.25, 0.3) is 22.1 Å². The van der Waals surface area contributed by atoms with E-state index in [4.69, 9.17) is 0 Å². The summed E-state index contributed by atoms with van der Waals surface area (Å²) < 4.78 is 38.9. The second-order valence-corrected chi connectivity index (χ2v) is 5.96. The molecular weight excluding hydrogens is 357 g/mol. The van der Waals surface area contributed by atoms with Crippen LogP contribution in [0.1, 0.15) is 16.7 Å². The van der Waals surface area contributed by atoms with Crippen molar-refractivity contribution in [1.29, 1.82) is 0 Å². The van der Waals surface area contributed by atoms with Crippen molar-refractivity contribution in [3.8, 4) is 0 Å². The Kier molecular flexibility index (Phi) is 3.98. The highest BCUT2D eigenvalue weighted by atomic mass is 19.4. The predicted octanol–water partition coefficient (Wildman–Crippen LogP) is 4.28. The monoisotopic (exact) mass is 370 g/mol. The number of rotatable bonds is 3. The van der Waals surface area contributed by atoms with Gasteiger partial charge >= 0.3 is 6.18 Å². The number of nitrogens with one attached hydrogen (secondary N) is 2. The van der Waals surface area contributed by atoms with Crippen molar-refractivity contribution in [2.75, 3.05) is 5.43 Å². The van der Waals surface area contributed by atoms with Crippen LogP contribution in [0, 0.1) is 6.92 Å². The van der Waals surface area contributed by atoms with E-state index in [1.54, 1.807) is 0 Å². The molecule has 9 heteroatoms. The molecule has 0 bridgehead atoms. The molecule has 2 N–H and O–H groups in total. The van der Waals surface area contributed by atoms with Crippen molar-refractivity contribution >= 4 is 34.2 Å². The van der Waals surface area contributed by atoms with Crippen LogP contribution in [0.4, 0.5) is 19.1 Å². The topological polar surface area (TPSA) is 78.9 Å². The van der Waals surface area contributed by atoms with E-state index in [2.05, 4.69) is 30.7 Å². The van der Waals surface area contributed by atoms with E-state index in [1.807, 2.05) is 25.1 Å². The van der Waals surface area contributed by atoms with Crippen molar-refractivity contribution in [1.82, 2.24) is 20.2 Å². The highest BCUT2D eigenvalue weighted by Gasteiger charge is 2.32. The third kappa shape index (κ3) is 3.31. The van der Waals surface area contributed by atoms with Gasteiger partial charge in [0.25, 0.3) is 5.95 Å². The molecule has 0 radical (unpaired) electrons. The average molecular weight is 370 g/mol. The molecule has 0 fully saturated rings. The van der Waals surface area contributed by atoms with Crippen molar-refractivity contribution in [3.05, 3.63) is 59.2 Å². The maximum absolute atomic E-state index is 13.0. The maximum Gasteiger partial charge on any atom is 0.417 e. The number of hydrazone groups is 1. The van der Waals surface area contributed by atoms with E-state index >= 15 is 0 Å². The van der Waals surface area contributed by atoms with Crippen LogP contribution < -0.4 is 5.43 Å². The Morgan fingerprint density at radius 1 is 1.11 bits per heavy atom. The van der Waals surface area contributed by atoms with Crippen molar-refractivity contribution in [3.63, 3.8) is 0 Å². The zero-order valence-corrected chi connectivity index (χ0v) is 14.0. The fourth-order valence-electron chi connectivity index (χ4n) is 2.76. The zero-order valence-electron chi connectivity index (χ0n) is 14.0. The Balaban J connectivity index is 1.61. The molecular formula is C18H13F3N6. The van der Waals surface area contributed by atoms with Crippen LogP contribution in [-0.2, 0) is 6.18 Å². The van der Waals surface area contributed by atoms with Crippen LogP contribution in [0.2, 0.25) is 0 Å². The summed E-state index contributed by atoms with van der Waals surface area (Å²) in [4.78, 5) is 7.40. The largest absolute Gasteiger partial charge is 0.417 e. The molecule has 2 aromatic carbocycles. The number of hydrogen-bond acceptors (Lipinski definition) is 5. The number of nitrogens with zero attached hydrogens (tertiary/aromatic N) is 4. The van der Waals surface area contributed by atoms with Crippen LogP contribution in [-0.4, -0.2) is 26.4 Å². The molecule has 0 spiro atoms. The molecule has 0 amide bonds. The van der Waals surface area contributed by atoms with Crippen LogP contribution in [0.15, 0.2) is 47.6 Å². The van der Waals surface area contributed by atoms with Gasteiger partial charge < -0.3 is 4.98 Å². The first-order valence-electron chi connectivity index (χ1n) is 8.00. The highest BCUT2D eigenvalue weighted by molar-refractivity contribution is 6.03. The minimum atomic E-state index is -4.46. The van der Waals surface area contributed by atoms with Crippen molar-refractivity contribution in [2.45, 2.75) is 13.1 Å². The summed E-state index contributed by atoms with van der Waals surface area (Å²) in [5.41, 5.74) is 4.77. The molecule has 2 heterocycles. The van der Waals surface area contributed by atoms with Gasteiger partial charge in [0.05, 0.1) is 11.8 Å². The van der Waals surface area contributed by atoms with Gasteiger partial charge in [0.15, 0.2) is 5.65 Å². The van der Waals surface area contributed by atoms with Gasteiger partial charge in [-0.25, -0.2) is 5.43 Å². The second-order valence-electron chi connectivity index (χ2n) is 5.96. The lowest BCUT2D eigenvalue weighted by molar-refractivity contribution is -0.137. The quantitative estimate of drug-likeness (QED) is 0.417. The molecule has 0 saturated carbocycles. The molecule has 4 rings (SSSR count). The normalized spacial score (nSPS) is 12.3. The third-order valence-electron chi connectivity index (χ3n) is 4.00. The summed E-state index contributed by atoms with van der Waals surface area (Å²) in [6, 6.07) is 11.0. The number of alkyl halides is 3. The van der Waals surface area contributed by atoms with Crippen LogP contribution in [0.5, 0.6) is 0 Å². The van der Waals surface area contributed by atoms with Gasteiger partial charge in [-0.15, -0.1) is 10.2 Å². The highest BCUT2D eigenvalue weighted by Crippen LogP contribution is 2.31. The first kappa shape index (κ1) is 17.0. The molecule has 0 unspecified atom stereocenters. The molecule has 0 aliphatic heterocycles. The Labute approximate surface area is 151 Å². The van der Waals surface area contributed by atoms with E-state index in [1.165, 1.54) is 18.2 Å². The molecule has 136 valence electrons. The fraction of sp³-hybridized carbons (Fsp3) is 0.111.